The lowest BCUT2D eigenvalue weighted by Gasteiger charge is -2.38. The summed E-state index contributed by atoms with van der Waals surface area (Å²) in [4.78, 5) is 18.7. The Labute approximate surface area is 152 Å². The van der Waals surface area contributed by atoms with Crippen LogP contribution in [0.25, 0.3) is 10.9 Å². The molecule has 3 heterocycles. The first-order valence-corrected chi connectivity index (χ1v) is 8.90. The fourth-order valence-corrected chi connectivity index (χ4v) is 3.60. The van der Waals surface area contributed by atoms with Crippen molar-refractivity contribution in [1.82, 2.24) is 19.7 Å². The summed E-state index contributed by atoms with van der Waals surface area (Å²) < 4.78 is 1.86. The molecule has 0 bridgehead atoms. The van der Waals surface area contributed by atoms with Crippen molar-refractivity contribution in [3.8, 4) is 0 Å². The zero-order valence-corrected chi connectivity index (χ0v) is 14.8. The molecule has 0 spiro atoms. The fraction of sp³-hybridized carbons (Fsp3) is 0.350. The maximum Gasteiger partial charge on any atom is 0.255 e. The van der Waals surface area contributed by atoms with Crippen LogP contribution < -0.4 is 0 Å². The number of para-hydroxylation sites is 1. The van der Waals surface area contributed by atoms with Crippen LogP contribution in [0.3, 0.4) is 0 Å². The summed E-state index contributed by atoms with van der Waals surface area (Å²) in [5.41, 5.74) is 1.54. The van der Waals surface area contributed by atoms with E-state index in [4.69, 9.17) is 0 Å². The molecular formula is C20H22N4O2. The highest BCUT2D eigenvalue weighted by Crippen LogP contribution is 2.27. The Kier molecular flexibility index (Phi) is 4.20. The van der Waals surface area contributed by atoms with Crippen LogP contribution in [-0.2, 0) is 6.54 Å². The van der Waals surface area contributed by atoms with Gasteiger partial charge in [-0.05, 0) is 38.0 Å². The first kappa shape index (κ1) is 16.7. The third kappa shape index (κ3) is 3.08. The van der Waals surface area contributed by atoms with Crippen LogP contribution in [0.15, 0.2) is 48.8 Å². The second-order valence-corrected chi connectivity index (χ2v) is 7.01. The number of amides is 1. The molecule has 1 aliphatic rings. The van der Waals surface area contributed by atoms with Gasteiger partial charge in [-0.3, -0.25) is 14.5 Å². The van der Waals surface area contributed by atoms with Gasteiger partial charge in [0, 0.05) is 30.4 Å². The van der Waals surface area contributed by atoms with Gasteiger partial charge in [0.2, 0.25) is 0 Å². The Hall–Kier alpha value is -2.73. The van der Waals surface area contributed by atoms with Crippen molar-refractivity contribution in [2.45, 2.75) is 31.9 Å². The second-order valence-electron chi connectivity index (χ2n) is 7.01. The zero-order chi connectivity index (χ0) is 18.1. The lowest BCUT2D eigenvalue weighted by molar-refractivity contribution is -0.0306. The van der Waals surface area contributed by atoms with Gasteiger partial charge in [0.25, 0.3) is 5.91 Å². The van der Waals surface area contributed by atoms with Crippen LogP contribution in [0.2, 0.25) is 0 Å². The molecule has 1 fully saturated rings. The molecule has 1 amide bonds. The molecule has 134 valence electrons. The Morgan fingerprint density at radius 1 is 1.19 bits per heavy atom. The minimum Gasteiger partial charge on any atom is -0.388 e. The SMILES string of the molecule is Cc1ncccc1C(=O)N1CCC(O)(Cn2ncc3ccccc32)CC1. The molecule has 1 aromatic carbocycles. The molecule has 0 atom stereocenters. The highest BCUT2D eigenvalue weighted by Gasteiger charge is 2.35. The summed E-state index contributed by atoms with van der Waals surface area (Å²) in [6, 6.07) is 11.6. The molecule has 26 heavy (non-hydrogen) atoms. The van der Waals surface area contributed by atoms with Gasteiger partial charge in [-0.25, -0.2) is 0 Å². The van der Waals surface area contributed by atoms with Crippen LogP contribution >= 0.6 is 0 Å². The van der Waals surface area contributed by atoms with E-state index in [0.717, 1.165) is 16.6 Å². The lowest BCUT2D eigenvalue weighted by Crippen LogP contribution is -2.48. The fourth-order valence-electron chi connectivity index (χ4n) is 3.60. The lowest BCUT2D eigenvalue weighted by atomic mass is 9.91. The molecule has 6 nitrogen and oxygen atoms in total. The number of carbonyl (C=O) groups excluding carboxylic acids is 1. The van der Waals surface area contributed by atoms with E-state index in [1.807, 2.05) is 42.1 Å². The first-order chi connectivity index (χ1) is 12.6. The third-order valence-corrected chi connectivity index (χ3v) is 5.21. The Morgan fingerprint density at radius 3 is 2.73 bits per heavy atom. The van der Waals surface area contributed by atoms with Crippen molar-refractivity contribution in [3.05, 3.63) is 60.0 Å². The van der Waals surface area contributed by atoms with E-state index in [9.17, 15) is 9.90 Å². The average Bonchev–Trinajstić information content (AvgIpc) is 3.05. The number of hydrogen-bond acceptors (Lipinski definition) is 4. The van der Waals surface area contributed by atoms with Crippen LogP contribution in [0.5, 0.6) is 0 Å². The van der Waals surface area contributed by atoms with Gasteiger partial charge in [0.15, 0.2) is 0 Å². The van der Waals surface area contributed by atoms with Gasteiger partial charge in [-0.2, -0.15) is 5.10 Å². The van der Waals surface area contributed by atoms with Crippen LogP contribution in [0.4, 0.5) is 0 Å². The van der Waals surface area contributed by atoms with E-state index in [2.05, 4.69) is 10.1 Å². The van der Waals surface area contributed by atoms with Crippen molar-refractivity contribution < 1.29 is 9.90 Å². The van der Waals surface area contributed by atoms with Crippen molar-refractivity contribution in [2.75, 3.05) is 13.1 Å². The summed E-state index contributed by atoms with van der Waals surface area (Å²) in [6.07, 6.45) is 4.58. The van der Waals surface area contributed by atoms with Crippen molar-refractivity contribution in [3.63, 3.8) is 0 Å². The van der Waals surface area contributed by atoms with Gasteiger partial charge in [0.1, 0.15) is 0 Å². The van der Waals surface area contributed by atoms with E-state index >= 15 is 0 Å². The smallest absolute Gasteiger partial charge is 0.255 e. The minimum atomic E-state index is -0.852. The molecule has 1 N–H and O–H groups in total. The van der Waals surface area contributed by atoms with Gasteiger partial charge in [0.05, 0.1) is 29.4 Å². The highest BCUT2D eigenvalue weighted by atomic mass is 16.3. The number of fused-ring (bicyclic) bond motifs is 1. The molecule has 1 saturated heterocycles. The van der Waals surface area contributed by atoms with Gasteiger partial charge >= 0.3 is 0 Å². The molecule has 2 aromatic heterocycles. The number of nitrogens with zero attached hydrogens (tertiary/aromatic N) is 4. The van der Waals surface area contributed by atoms with Gasteiger partial charge in [-0.1, -0.05) is 18.2 Å². The van der Waals surface area contributed by atoms with Crippen molar-refractivity contribution >= 4 is 16.8 Å². The maximum absolute atomic E-state index is 12.7. The number of aliphatic hydroxyl groups is 1. The number of piperidine rings is 1. The largest absolute Gasteiger partial charge is 0.388 e. The van der Waals surface area contributed by atoms with Crippen molar-refractivity contribution in [2.24, 2.45) is 0 Å². The minimum absolute atomic E-state index is 0.0119. The van der Waals surface area contributed by atoms with Crippen LogP contribution in [0, 0.1) is 6.92 Å². The number of carbonyl (C=O) groups is 1. The number of aryl methyl sites for hydroxylation is 1. The average molecular weight is 350 g/mol. The molecule has 1 aliphatic heterocycles. The summed E-state index contributed by atoms with van der Waals surface area (Å²) in [6.45, 7) is 3.34. The Morgan fingerprint density at radius 2 is 1.96 bits per heavy atom. The van der Waals surface area contributed by atoms with Crippen LogP contribution in [-0.4, -0.2) is 49.4 Å². The Bertz CT molecular complexity index is 942. The van der Waals surface area contributed by atoms with Gasteiger partial charge in [-0.15, -0.1) is 0 Å². The predicted molar refractivity (Wildman–Crippen MR) is 98.8 cm³/mol. The monoisotopic (exact) mass is 350 g/mol. The zero-order valence-electron chi connectivity index (χ0n) is 14.8. The van der Waals surface area contributed by atoms with E-state index in [-0.39, 0.29) is 5.91 Å². The normalized spacial score (nSPS) is 16.8. The number of benzene rings is 1. The molecule has 0 saturated carbocycles. The number of rotatable bonds is 3. The second kappa shape index (κ2) is 6.53. The Balaban J connectivity index is 1.45. The molecule has 3 aromatic rings. The topological polar surface area (TPSA) is 71.2 Å². The predicted octanol–water partition coefficient (Wildman–Crippen LogP) is 2.41. The van der Waals surface area contributed by atoms with Gasteiger partial charge < -0.3 is 10.0 Å². The highest BCUT2D eigenvalue weighted by molar-refractivity contribution is 5.95. The molecule has 0 unspecified atom stereocenters. The standard InChI is InChI=1S/C20H22N4O2/c1-15-17(6-4-10-21-15)19(25)23-11-8-20(26,9-12-23)14-24-18-7-3-2-5-16(18)13-22-24/h2-7,10,13,26H,8-9,11-12,14H2,1H3. The molecular weight excluding hydrogens is 328 g/mol. The summed E-state index contributed by atoms with van der Waals surface area (Å²) >= 11 is 0. The first-order valence-electron chi connectivity index (χ1n) is 8.90. The van der Waals surface area contributed by atoms with E-state index in [1.165, 1.54) is 0 Å². The quantitative estimate of drug-likeness (QED) is 0.787. The number of pyridine rings is 1. The van der Waals surface area contributed by atoms with E-state index < -0.39 is 5.60 Å². The number of aromatic nitrogens is 3. The molecule has 0 radical (unpaired) electrons. The van der Waals surface area contributed by atoms with Crippen molar-refractivity contribution in [1.29, 1.82) is 0 Å². The summed E-state index contributed by atoms with van der Waals surface area (Å²) in [7, 11) is 0. The molecule has 4 rings (SSSR count). The molecule has 0 aliphatic carbocycles. The maximum atomic E-state index is 12.7. The number of likely N-dealkylation sites (tertiary alicyclic amines) is 1. The third-order valence-electron chi connectivity index (χ3n) is 5.21. The summed E-state index contributed by atoms with van der Waals surface area (Å²) in [5.74, 6) is -0.0119. The van der Waals surface area contributed by atoms with E-state index in [1.54, 1.807) is 23.2 Å². The molecule has 6 heteroatoms. The summed E-state index contributed by atoms with van der Waals surface area (Å²) in [5, 5.41) is 16.5. The van der Waals surface area contributed by atoms with Crippen LogP contribution in [0.1, 0.15) is 28.9 Å². The number of hydrogen-bond donors (Lipinski definition) is 1. The van der Waals surface area contributed by atoms with E-state index in [0.29, 0.717) is 38.0 Å².